The molecule has 6 nitrogen and oxygen atoms in total. The van der Waals surface area contributed by atoms with E-state index in [9.17, 15) is 0 Å². The molecule has 0 aromatic heterocycles. The SMILES string of the molecule is CN=C(NCCc1ccc(OC)cc1)NCC(c1ccc(C)cc1)N1CCOCC1. The van der Waals surface area contributed by atoms with Crippen LogP contribution in [0.1, 0.15) is 22.7 Å². The molecule has 0 saturated carbocycles. The van der Waals surface area contributed by atoms with E-state index in [1.165, 1.54) is 16.7 Å². The number of guanidine groups is 1. The fraction of sp³-hybridized carbons (Fsp3) is 0.458. The number of benzene rings is 2. The number of aliphatic imine (C=N–C) groups is 1. The number of hydrogen-bond acceptors (Lipinski definition) is 4. The third kappa shape index (κ3) is 6.47. The van der Waals surface area contributed by atoms with Crippen molar-refractivity contribution in [1.82, 2.24) is 15.5 Å². The molecule has 1 unspecified atom stereocenters. The third-order valence-electron chi connectivity index (χ3n) is 5.50. The monoisotopic (exact) mass is 410 g/mol. The topological polar surface area (TPSA) is 58.1 Å². The second-order valence-electron chi connectivity index (χ2n) is 7.55. The van der Waals surface area contributed by atoms with E-state index in [2.05, 4.69) is 63.8 Å². The van der Waals surface area contributed by atoms with Crippen molar-refractivity contribution in [2.45, 2.75) is 19.4 Å². The molecule has 0 amide bonds. The molecule has 2 aromatic carbocycles. The highest BCUT2D eigenvalue weighted by Crippen LogP contribution is 2.21. The summed E-state index contributed by atoms with van der Waals surface area (Å²) in [5, 5.41) is 6.95. The smallest absolute Gasteiger partial charge is 0.191 e. The van der Waals surface area contributed by atoms with Crippen LogP contribution in [-0.4, -0.2) is 64.4 Å². The standard InChI is InChI=1S/C24H34N4O2/c1-19-4-8-21(9-5-19)23(28-14-16-30-17-15-28)18-27-24(25-2)26-13-12-20-6-10-22(29-3)11-7-20/h4-11,23H,12-18H2,1-3H3,(H2,25,26,27). The van der Waals surface area contributed by atoms with Gasteiger partial charge in [0.15, 0.2) is 5.96 Å². The summed E-state index contributed by atoms with van der Waals surface area (Å²) in [6.07, 6.45) is 0.926. The van der Waals surface area contributed by atoms with E-state index in [0.29, 0.717) is 0 Å². The van der Waals surface area contributed by atoms with Gasteiger partial charge in [-0.15, -0.1) is 0 Å². The zero-order chi connectivity index (χ0) is 21.2. The minimum absolute atomic E-state index is 0.287. The van der Waals surface area contributed by atoms with Crippen molar-refractivity contribution in [2.75, 3.05) is 53.6 Å². The Labute approximate surface area is 180 Å². The lowest BCUT2D eigenvalue weighted by molar-refractivity contribution is 0.0170. The summed E-state index contributed by atoms with van der Waals surface area (Å²) < 4.78 is 10.8. The Morgan fingerprint density at radius 2 is 1.77 bits per heavy atom. The summed E-state index contributed by atoms with van der Waals surface area (Å²) in [7, 11) is 3.51. The maximum absolute atomic E-state index is 5.56. The molecule has 1 aliphatic rings. The molecule has 1 atom stereocenters. The van der Waals surface area contributed by atoms with Crippen LogP contribution < -0.4 is 15.4 Å². The van der Waals surface area contributed by atoms with Gasteiger partial charge in [0, 0.05) is 33.2 Å². The van der Waals surface area contributed by atoms with Crippen molar-refractivity contribution >= 4 is 5.96 Å². The summed E-state index contributed by atoms with van der Waals surface area (Å²) in [5.41, 5.74) is 3.87. The zero-order valence-electron chi connectivity index (χ0n) is 18.4. The summed E-state index contributed by atoms with van der Waals surface area (Å²) in [6.45, 7) is 7.21. The molecule has 2 aromatic rings. The zero-order valence-corrected chi connectivity index (χ0v) is 18.4. The van der Waals surface area contributed by atoms with E-state index in [-0.39, 0.29) is 6.04 Å². The van der Waals surface area contributed by atoms with Gasteiger partial charge in [0.25, 0.3) is 0 Å². The minimum atomic E-state index is 0.287. The lowest BCUT2D eigenvalue weighted by Gasteiger charge is -2.35. The van der Waals surface area contributed by atoms with Gasteiger partial charge in [0.2, 0.25) is 0 Å². The second kappa shape index (κ2) is 11.6. The van der Waals surface area contributed by atoms with Gasteiger partial charge >= 0.3 is 0 Å². The molecule has 0 radical (unpaired) electrons. The molecule has 162 valence electrons. The Balaban J connectivity index is 1.54. The Morgan fingerprint density at radius 3 is 2.40 bits per heavy atom. The van der Waals surface area contributed by atoms with Crippen molar-refractivity contribution in [3.8, 4) is 5.75 Å². The number of nitrogens with zero attached hydrogens (tertiary/aromatic N) is 2. The molecule has 1 heterocycles. The van der Waals surface area contributed by atoms with Crippen LogP contribution in [-0.2, 0) is 11.2 Å². The fourth-order valence-electron chi connectivity index (χ4n) is 3.67. The number of morpholine rings is 1. The van der Waals surface area contributed by atoms with Crippen LogP contribution in [0.5, 0.6) is 5.75 Å². The lowest BCUT2D eigenvalue weighted by atomic mass is 10.0. The second-order valence-corrected chi connectivity index (χ2v) is 7.55. The molecule has 3 rings (SSSR count). The van der Waals surface area contributed by atoms with Gasteiger partial charge in [-0.3, -0.25) is 9.89 Å². The average molecular weight is 411 g/mol. The van der Waals surface area contributed by atoms with Crippen molar-refractivity contribution in [3.05, 3.63) is 65.2 Å². The van der Waals surface area contributed by atoms with Crippen LogP contribution in [0.3, 0.4) is 0 Å². The van der Waals surface area contributed by atoms with Crippen LogP contribution in [0, 0.1) is 6.92 Å². The number of ether oxygens (including phenoxy) is 2. The van der Waals surface area contributed by atoms with Crippen LogP contribution in [0.4, 0.5) is 0 Å². The Bertz CT molecular complexity index is 784. The highest BCUT2D eigenvalue weighted by molar-refractivity contribution is 5.79. The van der Waals surface area contributed by atoms with Gasteiger partial charge in [-0.05, 0) is 36.6 Å². The minimum Gasteiger partial charge on any atom is -0.497 e. The predicted molar refractivity (Wildman–Crippen MR) is 122 cm³/mol. The molecule has 6 heteroatoms. The van der Waals surface area contributed by atoms with Gasteiger partial charge in [-0.1, -0.05) is 42.0 Å². The Hall–Kier alpha value is -2.57. The Morgan fingerprint density at radius 1 is 1.07 bits per heavy atom. The van der Waals surface area contributed by atoms with E-state index in [1.807, 2.05) is 19.2 Å². The summed E-state index contributed by atoms with van der Waals surface area (Å²) in [4.78, 5) is 6.89. The normalized spacial score (nSPS) is 16.2. The van der Waals surface area contributed by atoms with Crippen molar-refractivity contribution in [3.63, 3.8) is 0 Å². The van der Waals surface area contributed by atoms with Crippen LogP contribution in [0.15, 0.2) is 53.5 Å². The van der Waals surface area contributed by atoms with Crippen molar-refractivity contribution < 1.29 is 9.47 Å². The largest absolute Gasteiger partial charge is 0.497 e. The number of nitrogens with one attached hydrogen (secondary N) is 2. The molecule has 2 N–H and O–H groups in total. The molecular formula is C24H34N4O2. The van der Waals surface area contributed by atoms with Gasteiger partial charge in [0.1, 0.15) is 5.75 Å². The van der Waals surface area contributed by atoms with Gasteiger partial charge in [-0.25, -0.2) is 0 Å². The Kier molecular flexibility index (Phi) is 8.53. The molecule has 1 aliphatic heterocycles. The van der Waals surface area contributed by atoms with Gasteiger partial charge < -0.3 is 20.1 Å². The van der Waals surface area contributed by atoms with Crippen molar-refractivity contribution in [2.24, 2.45) is 4.99 Å². The molecule has 1 fully saturated rings. The number of methoxy groups -OCH3 is 1. The molecule has 0 bridgehead atoms. The predicted octanol–water partition coefficient (Wildman–Crippen LogP) is 2.78. The maximum atomic E-state index is 5.56. The first-order chi connectivity index (χ1) is 14.7. The maximum Gasteiger partial charge on any atom is 0.191 e. The first-order valence-corrected chi connectivity index (χ1v) is 10.7. The highest BCUT2D eigenvalue weighted by atomic mass is 16.5. The average Bonchev–Trinajstić information content (AvgIpc) is 2.80. The third-order valence-corrected chi connectivity index (χ3v) is 5.50. The summed E-state index contributed by atoms with van der Waals surface area (Å²) in [5.74, 6) is 1.71. The molecule has 0 spiro atoms. The lowest BCUT2D eigenvalue weighted by Crippen LogP contribution is -2.46. The summed E-state index contributed by atoms with van der Waals surface area (Å²) in [6, 6.07) is 17.3. The van der Waals surface area contributed by atoms with Crippen molar-refractivity contribution in [1.29, 1.82) is 0 Å². The number of aryl methyl sites for hydroxylation is 1. The summed E-state index contributed by atoms with van der Waals surface area (Å²) >= 11 is 0. The quantitative estimate of drug-likeness (QED) is 0.518. The number of rotatable bonds is 8. The fourth-order valence-corrected chi connectivity index (χ4v) is 3.67. The first kappa shape index (κ1) is 22.1. The van der Waals surface area contributed by atoms with Crippen LogP contribution >= 0.6 is 0 Å². The van der Waals surface area contributed by atoms with E-state index in [0.717, 1.165) is 57.5 Å². The first-order valence-electron chi connectivity index (χ1n) is 10.7. The van der Waals surface area contributed by atoms with Gasteiger partial charge in [-0.2, -0.15) is 0 Å². The van der Waals surface area contributed by atoms with E-state index >= 15 is 0 Å². The number of hydrogen-bond donors (Lipinski definition) is 2. The van der Waals surface area contributed by atoms with Crippen LogP contribution in [0.2, 0.25) is 0 Å². The van der Waals surface area contributed by atoms with E-state index in [1.54, 1.807) is 7.11 Å². The molecule has 30 heavy (non-hydrogen) atoms. The molecule has 1 saturated heterocycles. The van der Waals surface area contributed by atoms with E-state index < -0.39 is 0 Å². The molecule has 0 aliphatic carbocycles. The van der Waals surface area contributed by atoms with Crippen LogP contribution in [0.25, 0.3) is 0 Å². The molecular weight excluding hydrogens is 376 g/mol. The highest BCUT2D eigenvalue weighted by Gasteiger charge is 2.22. The van der Waals surface area contributed by atoms with E-state index in [4.69, 9.17) is 9.47 Å². The van der Waals surface area contributed by atoms with Gasteiger partial charge in [0.05, 0.1) is 26.4 Å².